The Morgan fingerprint density at radius 2 is 2.22 bits per heavy atom. The van der Waals surface area contributed by atoms with E-state index in [0.717, 1.165) is 0 Å². The fourth-order valence-electron chi connectivity index (χ4n) is 0.832. The predicted octanol–water partition coefficient (Wildman–Crippen LogP) is -0.942. The van der Waals surface area contributed by atoms with E-state index < -0.39 is 12.6 Å². The van der Waals surface area contributed by atoms with E-state index in [4.69, 9.17) is 14.9 Å². The highest BCUT2D eigenvalue weighted by molar-refractivity contribution is 4.69. The summed E-state index contributed by atoms with van der Waals surface area (Å²) in [5.74, 6) is 0. The van der Waals surface area contributed by atoms with Crippen LogP contribution in [-0.4, -0.2) is 36.0 Å². The Labute approximate surface area is 53.0 Å². The summed E-state index contributed by atoms with van der Waals surface area (Å²) in [4.78, 5) is 0. The third kappa shape index (κ3) is 1.40. The largest absolute Gasteiger partial charge is 0.376 e. The fraction of sp³-hybridized carbons (Fsp3) is 1.00. The molecule has 3 atom stereocenters. The minimum atomic E-state index is -0.968. The average molecular weight is 134 g/mol. The molecule has 1 heterocycles. The minimum absolute atomic E-state index is 0.345. The van der Waals surface area contributed by atoms with Gasteiger partial charge in [-0.3, -0.25) is 0 Å². The van der Waals surface area contributed by atoms with Gasteiger partial charge in [-0.2, -0.15) is 0 Å². The van der Waals surface area contributed by atoms with E-state index in [1.54, 1.807) is 0 Å². The van der Waals surface area contributed by atoms with Crippen molar-refractivity contribution >= 4 is 0 Å². The van der Waals surface area contributed by atoms with Gasteiger partial charge >= 0.3 is 0 Å². The van der Waals surface area contributed by atoms with Gasteiger partial charge in [0.2, 0.25) is 0 Å². The molecule has 4 heteroatoms. The molecule has 0 radical (unpaired) electrons. The summed E-state index contributed by atoms with van der Waals surface area (Å²) < 4.78 is 9.31. The standard InChI is InChI=1S/C5H10O4/c1-8-3-2-4(6)9-5(3)7/h3-7H,2H2,1H3/t3-,4-,5+/m1/s1. The maximum absolute atomic E-state index is 8.85. The second-order valence-electron chi connectivity index (χ2n) is 1.99. The summed E-state index contributed by atoms with van der Waals surface area (Å²) in [6.45, 7) is 0. The molecule has 1 fully saturated rings. The smallest absolute Gasteiger partial charge is 0.184 e. The lowest BCUT2D eigenvalue weighted by molar-refractivity contribution is -0.178. The van der Waals surface area contributed by atoms with Crippen molar-refractivity contribution in [2.24, 2.45) is 0 Å². The third-order valence-corrected chi connectivity index (χ3v) is 1.35. The molecule has 0 unspecified atom stereocenters. The molecule has 1 aliphatic heterocycles. The first kappa shape index (κ1) is 6.95. The maximum Gasteiger partial charge on any atom is 0.184 e. The van der Waals surface area contributed by atoms with Gasteiger partial charge in [0.25, 0.3) is 0 Å². The Kier molecular flexibility index (Phi) is 2.02. The first-order valence-electron chi connectivity index (χ1n) is 2.78. The summed E-state index contributed by atoms with van der Waals surface area (Å²) in [6, 6.07) is 0. The van der Waals surface area contributed by atoms with Crippen LogP contribution in [0.4, 0.5) is 0 Å². The van der Waals surface area contributed by atoms with Crippen molar-refractivity contribution in [3.05, 3.63) is 0 Å². The van der Waals surface area contributed by atoms with Gasteiger partial charge in [0, 0.05) is 13.5 Å². The Balaban J connectivity index is 2.38. The van der Waals surface area contributed by atoms with E-state index in [-0.39, 0.29) is 6.10 Å². The SMILES string of the molecule is CO[C@@H]1C[C@H](O)O[C@@H]1O. The molecular weight excluding hydrogens is 124 g/mol. The summed E-state index contributed by atoms with van der Waals surface area (Å²) >= 11 is 0. The molecular formula is C5H10O4. The van der Waals surface area contributed by atoms with Crippen molar-refractivity contribution < 1.29 is 19.7 Å². The quantitative estimate of drug-likeness (QED) is 0.486. The molecule has 9 heavy (non-hydrogen) atoms. The van der Waals surface area contributed by atoms with Crippen molar-refractivity contribution in [3.8, 4) is 0 Å². The van der Waals surface area contributed by atoms with Crippen LogP contribution >= 0.6 is 0 Å². The van der Waals surface area contributed by atoms with E-state index in [1.165, 1.54) is 7.11 Å². The van der Waals surface area contributed by atoms with Crippen LogP contribution in [0.25, 0.3) is 0 Å². The topological polar surface area (TPSA) is 58.9 Å². The molecule has 0 aromatic carbocycles. The van der Waals surface area contributed by atoms with E-state index in [9.17, 15) is 0 Å². The van der Waals surface area contributed by atoms with Crippen LogP contribution < -0.4 is 0 Å². The van der Waals surface area contributed by atoms with Crippen LogP contribution in [0, 0.1) is 0 Å². The number of methoxy groups -OCH3 is 1. The lowest BCUT2D eigenvalue weighted by Gasteiger charge is -2.08. The second-order valence-corrected chi connectivity index (χ2v) is 1.99. The lowest BCUT2D eigenvalue weighted by Crippen LogP contribution is -2.21. The van der Waals surface area contributed by atoms with Crippen molar-refractivity contribution in [3.63, 3.8) is 0 Å². The molecule has 54 valence electrons. The number of aliphatic hydroxyl groups excluding tert-OH is 2. The molecule has 0 aromatic rings. The molecule has 0 amide bonds. The van der Waals surface area contributed by atoms with Gasteiger partial charge in [-0.15, -0.1) is 0 Å². The van der Waals surface area contributed by atoms with E-state index in [1.807, 2.05) is 0 Å². The molecule has 1 saturated heterocycles. The van der Waals surface area contributed by atoms with Crippen LogP contribution in [0.3, 0.4) is 0 Å². The Hall–Kier alpha value is -0.160. The zero-order chi connectivity index (χ0) is 6.85. The van der Waals surface area contributed by atoms with Crippen molar-refractivity contribution in [1.82, 2.24) is 0 Å². The molecule has 0 spiro atoms. The zero-order valence-electron chi connectivity index (χ0n) is 5.15. The molecule has 0 saturated carbocycles. The minimum Gasteiger partial charge on any atom is -0.376 e. The van der Waals surface area contributed by atoms with Gasteiger partial charge in [-0.25, -0.2) is 0 Å². The van der Waals surface area contributed by atoms with Crippen LogP contribution in [0.15, 0.2) is 0 Å². The van der Waals surface area contributed by atoms with Crippen molar-refractivity contribution in [2.75, 3.05) is 7.11 Å². The molecule has 4 nitrogen and oxygen atoms in total. The Morgan fingerprint density at radius 3 is 2.44 bits per heavy atom. The predicted molar refractivity (Wildman–Crippen MR) is 28.5 cm³/mol. The normalized spacial score (nSPS) is 43.7. The number of hydrogen-bond donors (Lipinski definition) is 2. The number of ether oxygens (including phenoxy) is 2. The first-order chi connectivity index (χ1) is 4.24. The van der Waals surface area contributed by atoms with Crippen molar-refractivity contribution in [2.45, 2.75) is 25.1 Å². The Bertz CT molecular complexity index is 95.0. The molecule has 0 aliphatic carbocycles. The molecule has 0 aromatic heterocycles. The van der Waals surface area contributed by atoms with Crippen LogP contribution in [0.2, 0.25) is 0 Å². The van der Waals surface area contributed by atoms with E-state index in [2.05, 4.69) is 4.74 Å². The fourth-order valence-corrected chi connectivity index (χ4v) is 0.832. The lowest BCUT2D eigenvalue weighted by atomic mass is 10.3. The summed E-state index contributed by atoms with van der Waals surface area (Å²) in [5.41, 5.74) is 0. The highest BCUT2D eigenvalue weighted by Gasteiger charge is 2.32. The van der Waals surface area contributed by atoms with Gasteiger partial charge in [0.05, 0.1) is 0 Å². The average Bonchev–Trinajstić information content (AvgIpc) is 2.10. The molecule has 2 N–H and O–H groups in total. The molecule has 1 aliphatic rings. The second kappa shape index (κ2) is 2.62. The van der Waals surface area contributed by atoms with Gasteiger partial charge in [0.1, 0.15) is 6.10 Å². The monoisotopic (exact) mass is 134 g/mol. The summed E-state index contributed by atoms with van der Waals surface area (Å²) in [5, 5.41) is 17.6. The van der Waals surface area contributed by atoms with Gasteiger partial charge in [0.15, 0.2) is 12.6 Å². The van der Waals surface area contributed by atoms with Gasteiger partial charge in [-0.05, 0) is 0 Å². The van der Waals surface area contributed by atoms with Crippen molar-refractivity contribution in [1.29, 1.82) is 0 Å². The van der Waals surface area contributed by atoms with Gasteiger partial charge < -0.3 is 19.7 Å². The highest BCUT2D eigenvalue weighted by Crippen LogP contribution is 2.18. The first-order valence-corrected chi connectivity index (χ1v) is 2.78. The molecule has 1 rings (SSSR count). The maximum atomic E-state index is 8.85. The number of aliphatic hydroxyl groups is 2. The van der Waals surface area contributed by atoms with Crippen LogP contribution in [-0.2, 0) is 9.47 Å². The van der Waals surface area contributed by atoms with E-state index in [0.29, 0.717) is 6.42 Å². The third-order valence-electron chi connectivity index (χ3n) is 1.35. The van der Waals surface area contributed by atoms with Crippen LogP contribution in [0.5, 0.6) is 0 Å². The summed E-state index contributed by atoms with van der Waals surface area (Å²) in [7, 11) is 1.47. The summed E-state index contributed by atoms with van der Waals surface area (Å²) in [6.07, 6.45) is -1.87. The Morgan fingerprint density at radius 1 is 1.56 bits per heavy atom. The van der Waals surface area contributed by atoms with Crippen LogP contribution in [0.1, 0.15) is 6.42 Å². The van der Waals surface area contributed by atoms with E-state index >= 15 is 0 Å². The zero-order valence-corrected chi connectivity index (χ0v) is 5.15. The number of hydrogen-bond acceptors (Lipinski definition) is 4. The highest BCUT2D eigenvalue weighted by atomic mass is 16.7. The molecule has 0 bridgehead atoms. The van der Waals surface area contributed by atoms with Gasteiger partial charge in [-0.1, -0.05) is 0 Å². The number of rotatable bonds is 1.